The summed E-state index contributed by atoms with van der Waals surface area (Å²) in [6.45, 7) is 2.70. The highest BCUT2D eigenvalue weighted by Gasteiger charge is 2.14. The average Bonchev–Trinajstić information content (AvgIpc) is 3.32. The molecule has 0 unspecified atom stereocenters. The molecule has 1 aliphatic rings. The first-order valence-electron chi connectivity index (χ1n) is 8.55. The van der Waals surface area contributed by atoms with Gasteiger partial charge in [0, 0.05) is 42.6 Å². The fourth-order valence-electron chi connectivity index (χ4n) is 2.60. The highest BCUT2D eigenvalue weighted by Crippen LogP contribution is 2.23. The van der Waals surface area contributed by atoms with Crippen molar-refractivity contribution in [3.8, 4) is 10.6 Å². The van der Waals surface area contributed by atoms with Crippen LogP contribution in [0.4, 0.5) is 10.5 Å². The number of anilines is 1. The molecule has 2 heterocycles. The van der Waals surface area contributed by atoms with Crippen molar-refractivity contribution in [1.29, 1.82) is 0 Å². The van der Waals surface area contributed by atoms with Crippen LogP contribution < -0.4 is 10.6 Å². The predicted molar refractivity (Wildman–Crippen MR) is 99.0 cm³/mol. The standard InChI is InChI=1S/C18H23N3O3S/c22-18(20-8-2-10-23-13-16-3-1-11-24-16)21-15-6-4-14(5-7-15)17-19-9-12-25-17/h4-7,9,12,16H,1-3,8,10-11,13H2,(H2,20,21,22)/t16-/m0/s1. The number of nitrogens with one attached hydrogen (secondary N) is 2. The largest absolute Gasteiger partial charge is 0.379 e. The van der Waals surface area contributed by atoms with Crippen molar-refractivity contribution in [2.75, 3.05) is 31.7 Å². The molecule has 3 rings (SSSR count). The van der Waals surface area contributed by atoms with E-state index in [0.717, 1.165) is 42.1 Å². The first-order valence-corrected chi connectivity index (χ1v) is 9.43. The third-order valence-electron chi connectivity index (χ3n) is 3.90. The summed E-state index contributed by atoms with van der Waals surface area (Å²) in [5.74, 6) is 0. The van der Waals surface area contributed by atoms with Crippen molar-refractivity contribution in [2.45, 2.75) is 25.4 Å². The molecule has 2 N–H and O–H groups in total. The molecule has 0 spiro atoms. The number of rotatable bonds is 8. The highest BCUT2D eigenvalue weighted by molar-refractivity contribution is 7.13. The van der Waals surface area contributed by atoms with Gasteiger partial charge in [0.2, 0.25) is 0 Å². The molecule has 1 atom stereocenters. The second kappa shape index (κ2) is 9.50. The lowest BCUT2D eigenvalue weighted by Gasteiger charge is -2.11. The van der Waals surface area contributed by atoms with Crippen LogP contribution in [0.1, 0.15) is 19.3 Å². The summed E-state index contributed by atoms with van der Waals surface area (Å²) in [5, 5.41) is 8.57. The van der Waals surface area contributed by atoms with E-state index in [-0.39, 0.29) is 12.1 Å². The number of nitrogens with zero attached hydrogens (tertiary/aromatic N) is 1. The molecule has 2 aromatic rings. The number of aromatic nitrogens is 1. The molecule has 25 heavy (non-hydrogen) atoms. The highest BCUT2D eigenvalue weighted by atomic mass is 32.1. The maximum absolute atomic E-state index is 11.9. The molecule has 0 bridgehead atoms. The second-order valence-electron chi connectivity index (χ2n) is 5.86. The van der Waals surface area contributed by atoms with E-state index in [1.165, 1.54) is 0 Å². The van der Waals surface area contributed by atoms with Crippen molar-refractivity contribution in [3.63, 3.8) is 0 Å². The van der Waals surface area contributed by atoms with Crippen LogP contribution in [0.25, 0.3) is 10.6 Å². The molecule has 1 saturated heterocycles. The maximum Gasteiger partial charge on any atom is 0.319 e. The van der Waals surface area contributed by atoms with Gasteiger partial charge in [-0.1, -0.05) is 0 Å². The molecule has 0 saturated carbocycles. The van der Waals surface area contributed by atoms with Gasteiger partial charge in [-0.15, -0.1) is 11.3 Å². The van der Waals surface area contributed by atoms with Gasteiger partial charge in [0.1, 0.15) is 5.01 Å². The number of carbonyl (C=O) groups is 1. The average molecular weight is 361 g/mol. The number of hydrogen-bond donors (Lipinski definition) is 2. The fourth-order valence-corrected chi connectivity index (χ4v) is 3.25. The van der Waals surface area contributed by atoms with E-state index in [0.29, 0.717) is 19.8 Å². The molecule has 134 valence electrons. The number of thiazole rings is 1. The SMILES string of the molecule is O=C(NCCCOC[C@@H]1CCCO1)Nc1ccc(-c2nccs2)cc1. The third-order valence-corrected chi connectivity index (χ3v) is 4.72. The van der Waals surface area contributed by atoms with Gasteiger partial charge in [-0.3, -0.25) is 0 Å². The Morgan fingerprint density at radius 1 is 1.36 bits per heavy atom. The van der Waals surface area contributed by atoms with Gasteiger partial charge in [-0.2, -0.15) is 0 Å². The van der Waals surface area contributed by atoms with Crippen molar-refractivity contribution in [3.05, 3.63) is 35.8 Å². The van der Waals surface area contributed by atoms with Gasteiger partial charge >= 0.3 is 6.03 Å². The zero-order valence-electron chi connectivity index (χ0n) is 14.1. The van der Waals surface area contributed by atoms with Gasteiger partial charge in [0.05, 0.1) is 12.7 Å². The van der Waals surface area contributed by atoms with Gasteiger partial charge in [0.15, 0.2) is 0 Å². The van der Waals surface area contributed by atoms with E-state index < -0.39 is 0 Å². The third kappa shape index (κ3) is 5.81. The first-order chi connectivity index (χ1) is 12.3. The fraction of sp³-hybridized carbons (Fsp3) is 0.444. The van der Waals surface area contributed by atoms with Crippen molar-refractivity contribution in [1.82, 2.24) is 10.3 Å². The molecule has 1 aliphatic heterocycles. The number of carbonyl (C=O) groups excluding carboxylic acids is 1. The Balaban J connectivity index is 1.29. The van der Waals surface area contributed by atoms with Crippen LogP contribution in [0.15, 0.2) is 35.8 Å². The maximum atomic E-state index is 11.9. The number of benzene rings is 1. The van der Waals surface area contributed by atoms with Crippen molar-refractivity contribution >= 4 is 23.1 Å². The molecule has 0 aliphatic carbocycles. The molecule has 7 heteroatoms. The monoisotopic (exact) mass is 361 g/mol. The lowest BCUT2D eigenvalue weighted by Crippen LogP contribution is -2.30. The number of hydrogen-bond acceptors (Lipinski definition) is 5. The Kier molecular flexibility index (Phi) is 6.79. The minimum Gasteiger partial charge on any atom is -0.379 e. The summed E-state index contributed by atoms with van der Waals surface area (Å²) in [7, 11) is 0. The van der Waals surface area contributed by atoms with Crippen molar-refractivity contribution in [2.24, 2.45) is 0 Å². The van der Waals surface area contributed by atoms with E-state index in [1.807, 2.05) is 29.6 Å². The van der Waals surface area contributed by atoms with E-state index in [1.54, 1.807) is 17.5 Å². The Hall–Kier alpha value is -1.96. The Labute approximate surface area is 151 Å². The minimum atomic E-state index is -0.207. The lowest BCUT2D eigenvalue weighted by molar-refractivity contribution is 0.0168. The summed E-state index contributed by atoms with van der Waals surface area (Å²) < 4.78 is 11.1. The topological polar surface area (TPSA) is 72.5 Å². The summed E-state index contributed by atoms with van der Waals surface area (Å²) in [5.41, 5.74) is 1.80. The normalized spacial score (nSPS) is 16.7. The van der Waals surface area contributed by atoms with Crippen LogP contribution in [0, 0.1) is 0 Å². The van der Waals surface area contributed by atoms with E-state index >= 15 is 0 Å². The zero-order chi connectivity index (χ0) is 17.3. The minimum absolute atomic E-state index is 0.207. The van der Waals surface area contributed by atoms with Crippen LogP contribution in [0.5, 0.6) is 0 Å². The number of amides is 2. The predicted octanol–water partition coefficient (Wildman–Crippen LogP) is 3.52. The lowest BCUT2D eigenvalue weighted by atomic mass is 10.2. The molecule has 1 aromatic carbocycles. The molecule has 0 radical (unpaired) electrons. The molecule has 1 aromatic heterocycles. The van der Waals surface area contributed by atoms with Gasteiger partial charge in [0.25, 0.3) is 0 Å². The van der Waals surface area contributed by atoms with E-state index in [2.05, 4.69) is 15.6 Å². The van der Waals surface area contributed by atoms with Gasteiger partial charge in [-0.05, 0) is 43.5 Å². The summed E-state index contributed by atoms with van der Waals surface area (Å²) in [6.07, 6.45) is 5.03. The molecule has 1 fully saturated rings. The summed E-state index contributed by atoms with van der Waals surface area (Å²) in [6, 6.07) is 7.45. The van der Waals surface area contributed by atoms with E-state index in [9.17, 15) is 4.79 Å². The van der Waals surface area contributed by atoms with Gasteiger partial charge in [-0.25, -0.2) is 9.78 Å². The van der Waals surface area contributed by atoms with Gasteiger partial charge < -0.3 is 20.1 Å². The summed E-state index contributed by atoms with van der Waals surface area (Å²) >= 11 is 1.59. The Bertz CT molecular complexity index is 640. The van der Waals surface area contributed by atoms with Crippen molar-refractivity contribution < 1.29 is 14.3 Å². The first kappa shape index (κ1) is 17.8. The quantitative estimate of drug-likeness (QED) is 0.706. The molecular weight excluding hydrogens is 338 g/mol. The summed E-state index contributed by atoms with van der Waals surface area (Å²) in [4.78, 5) is 16.1. The van der Waals surface area contributed by atoms with Crippen LogP contribution in [0.2, 0.25) is 0 Å². The van der Waals surface area contributed by atoms with Crippen LogP contribution in [-0.4, -0.2) is 43.5 Å². The van der Waals surface area contributed by atoms with E-state index in [4.69, 9.17) is 9.47 Å². The zero-order valence-corrected chi connectivity index (χ0v) is 14.9. The second-order valence-corrected chi connectivity index (χ2v) is 6.75. The Morgan fingerprint density at radius 3 is 2.96 bits per heavy atom. The Morgan fingerprint density at radius 2 is 2.24 bits per heavy atom. The molecule has 6 nitrogen and oxygen atoms in total. The smallest absolute Gasteiger partial charge is 0.319 e. The van der Waals surface area contributed by atoms with Crippen LogP contribution in [0.3, 0.4) is 0 Å². The number of urea groups is 1. The van der Waals surface area contributed by atoms with Crippen LogP contribution >= 0.6 is 11.3 Å². The number of ether oxygens (including phenoxy) is 2. The van der Waals surface area contributed by atoms with Crippen LogP contribution in [-0.2, 0) is 9.47 Å². The molecule has 2 amide bonds. The molecular formula is C18H23N3O3S.